The van der Waals surface area contributed by atoms with E-state index in [0.717, 1.165) is 109 Å². The molecule has 9 rings (SSSR count). The molecule has 2 aliphatic rings. The van der Waals surface area contributed by atoms with Crippen LogP contribution in [0, 0.1) is 27.7 Å². The lowest BCUT2D eigenvalue weighted by Crippen LogP contribution is -2.42. The molecule has 1 fully saturated rings. The molecule has 2 aliphatic heterocycles. The second-order valence-electron chi connectivity index (χ2n) is 16.5. The van der Waals surface area contributed by atoms with E-state index in [4.69, 9.17) is 33.0 Å². The van der Waals surface area contributed by atoms with E-state index in [-0.39, 0.29) is 24.4 Å². The van der Waals surface area contributed by atoms with Gasteiger partial charge in [-0.1, -0.05) is 29.3 Å². The van der Waals surface area contributed by atoms with Crippen LogP contribution in [0.5, 0.6) is 5.75 Å². The SMILES string of the molecule is Cc1cc(OCCCc2c3n(c4c(-c5c(C)nn(C)c5C)c(Cl)ccc24)[C@H](C)CN(c2cn(CC(=O)N4CCCC4)c4ccc(-c5ncn(C)n5)cc24)C3=O)cc(C)c1Cl. The van der Waals surface area contributed by atoms with E-state index >= 15 is 4.79 Å². The van der Waals surface area contributed by atoms with Crippen molar-refractivity contribution in [3.63, 3.8) is 0 Å². The van der Waals surface area contributed by atoms with Crippen LogP contribution in [0.1, 0.15) is 70.8 Å². The minimum atomic E-state index is -0.148. The summed E-state index contributed by atoms with van der Waals surface area (Å²) >= 11 is 13.6. The lowest BCUT2D eigenvalue weighted by Gasteiger charge is -2.34. The number of aromatic nitrogens is 7. The molecule has 7 aromatic rings. The average Bonchev–Trinajstić information content (AvgIpc) is 4.06. The number of aryl methyl sites for hydroxylation is 6. The second-order valence-corrected chi connectivity index (χ2v) is 17.3. The minimum Gasteiger partial charge on any atom is -0.494 e. The fraction of sp³-hybridized carbons (Fsp3) is 0.370. The van der Waals surface area contributed by atoms with Gasteiger partial charge in [-0.25, -0.2) is 4.98 Å². The third-order valence-corrected chi connectivity index (χ3v) is 13.2. The topological polar surface area (TPSA) is 108 Å². The Kier molecular flexibility index (Phi) is 10.3. The highest BCUT2D eigenvalue weighted by molar-refractivity contribution is 6.35. The molecule has 0 spiro atoms. The largest absolute Gasteiger partial charge is 0.494 e. The predicted octanol–water partition coefficient (Wildman–Crippen LogP) is 9.19. The van der Waals surface area contributed by atoms with Gasteiger partial charge in [0.1, 0.15) is 24.3 Å². The Morgan fingerprint density at radius 1 is 0.933 bits per heavy atom. The van der Waals surface area contributed by atoms with Crippen LogP contribution in [-0.4, -0.2) is 76.6 Å². The number of halogens is 2. The van der Waals surface area contributed by atoms with Gasteiger partial charge < -0.3 is 23.7 Å². The molecule has 1 atom stereocenters. The van der Waals surface area contributed by atoms with Gasteiger partial charge in [0.25, 0.3) is 5.91 Å². The van der Waals surface area contributed by atoms with Crippen molar-refractivity contribution < 1.29 is 14.3 Å². The predicted molar refractivity (Wildman–Crippen MR) is 238 cm³/mol. The first kappa shape index (κ1) is 39.8. The summed E-state index contributed by atoms with van der Waals surface area (Å²) < 4.78 is 14.1. The van der Waals surface area contributed by atoms with Crippen molar-refractivity contribution in [3.05, 3.63) is 98.8 Å². The second kappa shape index (κ2) is 15.5. The molecule has 0 saturated carbocycles. The number of ether oxygens (including phenoxy) is 1. The fourth-order valence-corrected chi connectivity index (χ4v) is 9.74. The zero-order valence-electron chi connectivity index (χ0n) is 35.1. The molecule has 14 heteroatoms. The number of likely N-dealkylation sites (tertiary alicyclic amines) is 1. The van der Waals surface area contributed by atoms with Crippen LogP contribution >= 0.6 is 23.2 Å². The zero-order valence-corrected chi connectivity index (χ0v) is 36.7. The van der Waals surface area contributed by atoms with Crippen molar-refractivity contribution in [1.82, 2.24) is 38.6 Å². The normalized spacial score (nSPS) is 15.6. The molecule has 4 aromatic heterocycles. The fourth-order valence-electron chi connectivity index (χ4n) is 9.38. The summed E-state index contributed by atoms with van der Waals surface area (Å²) in [5, 5.41) is 12.5. The molecule has 310 valence electrons. The number of amides is 2. The Balaban J connectivity index is 1.18. The molecular formula is C46H49Cl2N9O3. The Labute approximate surface area is 359 Å². The maximum Gasteiger partial charge on any atom is 0.275 e. The first-order valence-corrected chi connectivity index (χ1v) is 21.4. The van der Waals surface area contributed by atoms with Crippen LogP contribution in [0.25, 0.3) is 44.3 Å². The average molecular weight is 847 g/mol. The Morgan fingerprint density at radius 2 is 1.68 bits per heavy atom. The standard InChI is InChI=1S/C46H49Cl2N9O3/c1-26-19-32(20-27(2)42(26)48)60-18-10-11-33-34-13-14-36(47)41(40-29(4)50-53(7)30(40)5)43(34)57-28(3)22-56(46(59)44(33)57)38-23-55(24-39(58)54-16-8-9-17-54)37-15-12-31(21-35(37)38)45-49-25-52(6)51-45/h12-15,19-21,23,25,28H,8-11,16-18,22,24H2,1-7H3/t28-/m1/s1. The van der Waals surface area contributed by atoms with Crippen LogP contribution in [0.3, 0.4) is 0 Å². The minimum absolute atomic E-state index is 0.0729. The summed E-state index contributed by atoms with van der Waals surface area (Å²) in [6.07, 6.45) is 6.93. The number of hydrogen-bond donors (Lipinski definition) is 0. The van der Waals surface area contributed by atoms with Crippen molar-refractivity contribution in [2.45, 2.75) is 72.9 Å². The van der Waals surface area contributed by atoms with Gasteiger partial charge in [-0.2, -0.15) is 10.2 Å². The Morgan fingerprint density at radius 3 is 2.37 bits per heavy atom. The lowest BCUT2D eigenvalue weighted by atomic mass is 9.98. The monoisotopic (exact) mass is 845 g/mol. The van der Waals surface area contributed by atoms with Gasteiger partial charge in [0, 0.05) is 84.1 Å². The van der Waals surface area contributed by atoms with Gasteiger partial charge >= 0.3 is 0 Å². The van der Waals surface area contributed by atoms with Gasteiger partial charge in [0.05, 0.1) is 34.0 Å². The molecule has 6 heterocycles. The summed E-state index contributed by atoms with van der Waals surface area (Å²) in [5.41, 5.74) is 10.6. The first-order chi connectivity index (χ1) is 28.8. The number of benzene rings is 3. The Bertz CT molecular complexity index is 2840. The molecule has 12 nitrogen and oxygen atoms in total. The van der Waals surface area contributed by atoms with E-state index in [1.807, 2.05) is 96.5 Å². The van der Waals surface area contributed by atoms with E-state index in [1.165, 1.54) is 0 Å². The maximum atomic E-state index is 15.5. The maximum absolute atomic E-state index is 15.5. The van der Waals surface area contributed by atoms with Gasteiger partial charge in [-0.3, -0.25) is 19.0 Å². The van der Waals surface area contributed by atoms with Crippen molar-refractivity contribution in [2.24, 2.45) is 14.1 Å². The number of rotatable bonds is 10. The van der Waals surface area contributed by atoms with Crippen molar-refractivity contribution >= 4 is 62.5 Å². The van der Waals surface area contributed by atoms with Crippen LogP contribution in [0.2, 0.25) is 10.0 Å². The van der Waals surface area contributed by atoms with Crippen molar-refractivity contribution in [2.75, 3.05) is 31.1 Å². The molecule has 0 radical (unpaired) electrons. The van der Waals surface area contributed by atoms with E-state index < -0.39 is 0 Å². The highest BCUT2D eigenvalue weighted by Crippen LogP contribution is 2.46. The van der Waals surface area contributed by atoms with Crippen LogP contribution < -0.4 is 9.64 Å². The zero-order chi connectivity index (χ0) is 42.1. The molecule has 3 aromatic carbocycles. The number of carbonyl (C=O) groups is 2. The third-order valence-electron chi connectivity index (χ3n) is 12.3. The molecule has 0 N–H and O–H groups in total. The van der Waals surface area contributed by atoms with Crippen LogP contribution in [0.4, 0.5) is 5.69 Å². The number of carbonyl (C=O) groups excluding carboxylic acids is 2. The summed E-state index contributed by atoms with van der Waals surface area (Å²) in [6, 6.07) is 13.8. The van der Waals surface area contributed by atoms with Gasteiger partial charge in [0.2, 0.25) is 5.91 Å². The number of hydrogen-bond acceptors (Lipinski definition) is 6. The summed E-state index contributed by atoms with van der Waals surface area (Å²) in [7, 11) is 3.78. The van der Waals surface area contributed by atoms with Crippen molar-refractivity contribution in [3.8, 4) is 28.3 Å². The van der Waals surface area contributed by atoms with Gasteiger partial charge in [0.15, 0.2) is 5.82 Å². The Hall–Kier alpha value is -5.59. The van der Waals surface area contributed by atoms with E-state index in [1.54, 1.807) is 11.0 Å². The number of anilines is 1. The summed E-state index contributed by atoms with van der Waals surface area (Å²) in [4.78, 5) is 37.5. The van der Waals surface area contributed by atoms with Crippen LogP contribution in [0.15, 0.2) is 55.0 Å². The number of nitrogens with zero attached hydrogens (tertiary/aromatic N) is 9. The molecule has 0 bridgehead atoms. The van der Waals surface area contributed by atoms with E-state index in [9.17, 15) is 4.79 Å². The summed E-state index contributed by atoms with van der Waals surface area (Å²) in [6.45, 7) is 12.7. The molecule has 0 aliphatic carbocycles. The van der Waals surface area contributed by atoms with Crippen molar-refractivity contribution in [1.29, 1.82) is 0 Å². The van der Waals surface area contributed by atoms with Crippen LogP contribution in [-0.2, 0) is 31.9 Å². The van der Waals surface area contributed by atoms with Gasteiger partial charge in [-0.15, -0.1) is 0 Å². The molecule has 1 saturated heterocycles. The van der Waals surface area contributed by atoms with E-state index in [2.05, 4.69) is 34.6 Å². The highest BCUT2D eigenvalue weighted by atomic mass is 35.5. The smallest absolute Gasteiger partial charge is 0.275 e. The lowest BCUT2D eigenvalue weighted by molar-refractivity contribution is -0.130. The first-order valence-electron chi connectivity index (χ1n) is 20.6. The number of fused-ring (bicyclic) bond motifs is 4. The molecular weight excluding hydrogens is 797 g/mol. The molecule has 0 unspecified atom stereocenters. The molecule has 60 heavy (non-hydrogen) atoms. The summed E-state index contributed by atoms with van der Waals surface area (Å²) in [5.74, 6) is 1.31. The quantitative estimate of drug-likeness (QED) is 0.127. The van der Waals surface area contributed by atoms with Gasteiger partial charge in [-0.05, 0) is 113 Å². The highest BCUT2D eigenvalue weighted by Gasteiger charge is 2.38. The third kappa shape index (κ3) is 6.74. The van der Waals surface area contributed by atoms with E-state index in [0.29, 0.717) is 42.5 Å². The molecule has 2 amide bonds.